The van der Waals surface area contributed by atoms with Crippen LogP contribution in [0.2, 0.25) is 0 Å². The number of rotatable bonds is 3. The third kappa shape index (κ3) is 4.07. The molecule has 1 rings (SSSR count). The average molecular weight is 257 g/mol. The molecule has 2 nitrogen and oxygen atoms in total. The smallest absolute Gasteiger partial charge is 0.265 e. The van der Waals surface area contributed by atoms with E-state index in [1.807, 2.05) is 0 Å². The van der Waals surface area contributed by atoms with E-state index in [1.54, 1.807) is 0 Å². The first-order valence-electron chi connectivity index (χ1n) is 4.43. The summed E-state index contributed by atoms with van der Waals surface area (Å²) in [6.07, 6.45) is 7.39. The molecule has 0 unspecified atom stereocenters. The van der Waals surface area contributed by atoms with Gasteiger partial charge in [0.1, 0.15) is 0 Å². The predicted octanol–water partition coefficient (Wildman–Crippen LogP) is 3.71. The van der Waals surface area contributed by atoms with Crippen molar-refractivity contribution in [1.82, 2.24) is 0 Å². The van der Waals surface area contributed by atoms with Crippen LogP contribution in [0.25, 0.3) is 0 Å². The summed E-state index contributed by atoms with van der Waals surface area (Å²) in [7, 11) is 0. The zero-order valence-electron chi connectivity index (χ0n) is 7.60. The van der Waals surface area contributed by atoms with Gasteiger partial charge >= 0.3 is 0 Å². The van der Waals surface area contributed by atoms with E-state index >= 15 is 0 Å². The van der Waals surface area contributed by atoms with Crippen LogP contribution in [0.3, 0.4) is 0 Å². The van der Waals surface area contributed by atoms with Gasteiger partial charge in [-0.15, -0.1) is 0 Å². The van der Waals surface area contributed by atoms with Crippen molar-refractivity contribution in [3.8, 4) is 0 Å². The van der Waals surface area contributed by atoms with Crippen LogP contribution in [0.4, 0.5) is 0 Å². The van der Waals surface area contributed by atoms with E-state index in [1.165, 1.54) is 0 Å². The molecule has 0 aromatic rings. The second-order valence-electron chi connectivity index (χ2n) is 3.27. The lowest BCUT2D eigenvalue weighted by Gasteiger charge is -2.15. The molecule has 1 aliphatic carbocycles. The first kappa shape index (κ1) is 12.2. The summed E-state index contributed by atoms with van der Waals surface area (Å²) in [5.74, 6) is 0.326. The Labute approximate surface area is 98.7 Å². The summed E-state index contributed by atoms with van der Waals surface area (Å²) in [5.41, 5.74) is 0. The van der Waals surface area contributed by atoms with Crippen LogP contribution in [-0.4, -0.2) is 16.3 Å². The third-order valence-electron chi connectivity index (χ3n) is 2.14. The molecule has 14 heavy (non-hydrogen) atoms. The molecule has 0 radical (unpaired) electrons. The van der Waals surface area contributed by atoms with Crippen molar-refractivity contribution in [2.45, 2.75) is 23.1 Å². The summed E-state index contributed by atoms with van der Waals surface area (Å²) in [4.78, 5) is 0. The van der Waals surface area contributed by atoms with Crippen LogP contribution in [0.1, 0.15) is 19.3 Å². The fourth-order valence-electron chi connectivity index (χ4n) is 1.32. The van der Waals surface area contributed by atoms with Gasteiger partial charge in [0.2, 0.25) is 5.90 Å². The largest absolute Gasteiger partial charge is 0.478 e. The molecule has 5 heteroatoms. The van der Waals surface area contributed by atoms with Crippen molar-refractivity contribution in [2.24, 2.45) is 5.92 Å². The molecule has 1 N–H and O–H groups in total. The van der Waals surface area contributed by atoms with Crippen molar-refractivity contribution in [3.05, 3.63) is 12.2 Å². The van der Waals surface area contributed by atoms with Crippen molar-refractivity contribution < 1.29 is 4.74 Å². The van der Waals surface area contributed by atoms with Gasteiger partial charge in [0.25, 0.3) is 3.79 Å². The van der Waals surface area contributed by atoms with Gasteiger partial charge in [0.05, 0.1) is 6.61 Å². The van der Waals surface area contributed by atoms with E-state index in [0.29, 0.717) is 12.5 Å². The molecule has 0 bridgehead atoms. The molecule has 0 spiro atoms. The number of hydrogen-bond acceptors (Lipinski definition) is 2. The van der Waals surface area contributed by atoms with Crippen LogP contribution in [0, 0.1) is 11.3 Å². The lowest BCUT2D eigenvalue weighted by atomic mass is 10.0. The maximum atomic E-state index is 7.28. The molecule has 0 aliphatic heterocycles. The minimum absolute atomic E-state index is 0.298. The molecule has 0 atom stereocenters. The molecule has 1 aliphatic rings. The Balaban J connectivity index is 2.12. The van der Waals surface area contributed by atoms with Gasteiger partial charge in [-0.1, -0.05) is 47.0 Å². The first-order valence-corrected chi connectivity index (χ1v) is 5.57. The van der Waals surface area contributed by atoms with Crippen molar-refractivity contribution in [2.75, 3.05) is 6.61 Å². The highest BCUT2D eigenvalue weighted by molar-refractivity contribution is 6.76. The van der Waals surface area contributed by atoms with Crippen LogP contribution < -0.4 is 0 Å². The fourth-order valence-corrected chi connectivity index (χ4v) is 1.48. The van der Waals surface area contributed by atoms with Crippen molar-refractivity contribution in [3.63, 3.8) is 0 Å². The Morgan fingerprint density at radius 3 is 2.43 bits per heavy atom. The first-order chi connectivity index (χ1) is 6.50. The number of alkyl halides is 3. The Kier molecular flexibility index (Phi) is 4.55. The Hall–Kier alpha value is 0.0800. The maximum absolute atomic E-state index is 7.28. The predicted molar refractivity (Wildman–Crippen MR) is 60.4 cm³/mol. The minimum atomic E-state index is -1.73. The molecule has 0 fully saturated rings. The molecular weight excluding hydrogens is 244 g/mol. The molecule has 0 aromatic carbocycles. The molecule has 80 valence electrons. The van der Waals surface area contributed by atoms with Gasteiger partial charge in [-0.3, -0.25) is 5.41 Å². The Morgan fingerprint density at radius 2 is 1.93 bits per heavy atom. The van der Waals surface area contributed by atoms with Crippen LogP contribution in [0.5, 0.6) is 0 Å². The van der Waals surface area contributed by atoms with Gasteiger partial charge in [-0.05, 0) is 25.2 Å². The molecule has 0 amide bonds. The fraction of sp³-hybridized carbons (Fsp3) is 0.667. The molecular formula is C9H12Cl3NO. The maximum Gasteiger partial charge on any atom is 0.265 e. The Morgan fingerprint density at radius 1 is 1.36 bits per heavy atom. The lowest BCUT2D eigenvalue weighted by Crippen LogP contribution is -2.22. The zero-order valence-corrected chi connectivity index (χ0v) is 9.87. The van der Waals surface area contributed by atoms with Gasteiger partial charge in [-0.25, -0.2) is 0 Å². The second-order valence-corrected chi connectivity index (χ2v) is 5.55. The molecule has 0 saturated heterocycles. The number of allylic oxidation sites excluding steroid dienone is 2. The normalized spacial score (nSPS) is 17.4. The van der Waals surface area contributed by atoms with Crippen molar-refractivity contribution >= 4 is 40.7 Å². The van der Waals surface area contributed by atoms with E-state index in [2.05, 4.69) is 12.2 Å². The van der Waals surface area contributed by atoms with E-state index in [9.17, 15) is 0 Å². The van der Waals surface area contributed by atoms with Crippen molar-refractivity contribution in [1.29, 1.82) is 5.41 Å². The van der Waals surface area contributed by atoms with E-state index < -0.39 is 3.79 Å². The van der Waals surface area contributed by atoms with Gasteiger partial charge in [0.15, 0.2) is 0 Å². The monoisotopic (exact) mass is 255 g/mol. The highest BCUT2D eigenvalue weighted by atomic mass is 35.6. The van der Waals surface area contributed by atoms with E-state index in [4.69, 9.17) is 44.9 Å². The summed E-state index contributed by atoms with van der Waals surface area (Å²) in [6.45, 7) is 0.444. The van der Waals surface area contributed by atoms with Crippen LogP contribution >= 0.6 is 34.8 Å². The van der Waals surface area contributed by atoms with Crippen LogP contribution in [0.15, 0.2) is 12.2 Å². The molecule has 0 saturated carbocycles. The lowest BCUT2D eigenvalue weighted by molar-refractivity contribution is 0.263. The number of nitrogens with one attached hydrogen (secondary N) is 1. The van der Waals surface area contributed by atoms with E-state index in [-0.39, 0.29) is 5.90 Å². The average Bonchev–Trinajstić information content (AvgIpc) is 2.55. The summed E-state index contributed by atoms with van der Waals surface area (Å²) in [5, 5.41) is 7.28. The van der Waals surface area contributed by atoms with Gasteiger partial charge in [-0.2, -0.15) is 0 Å². The number of halogens is 3. The Bertz CT molecular complexity index is 227. The topological polar surface area (TPSA) is 33.1 Å². The third-order valence-corrected chi connectivity index (χ3v) is 2.65. The highest BCUT2D eigenvalue weighted by Gasteiger charge is 2.28. The standard InChI is InChI=1S/C9H12Cl3NO/c10-9(11,12)8(13)14-6-5-7-3-1-2-4-7/h1-2,7,13H,3-6H2. The second kappa shape index (κ2) is 5.24. The zero-order chi connectivity index (χ0) is 10.6. The minimum Gasteiger partial charge on any atom is -0.478 e. The quantitative estimate of drug-likeness (QED) is 0.355. The molecule has 0 heterocycles. The van der Waals surface area contributed by atoms with Gasteiger partial charge < -0.3 is 4.74 Å². The molecule has 0 aromatic heterocycles. The summed E-state index contributed by atoms with van der Waals surface area (Å²) in [6, 6.07) is 0. The van der Waals surface area contributed by atoms with Crippen LogP contribution in [-0.2, 0) is 4.74 Å². The SMILES string of the molecule is N=C(OCCC1CC=CC1)C(Cl)(Cl)Cl. The summed E-state index contributed by atoms with van der Waals surface area (Å²) < 4.78 is 3.30. The van der Waals surface area contributed by atoms with Gasteiger partial charge in [0, 0.05) is 0 Å². The number of ether oxygens (including phenoxy) is 1. The van der Waals surface area contributed by atoms with E-state index in [0.717, 1.165) is 19.3 Å². The highest BCUT2D eigenvalue weighted by Crippen LogP contribution is 2.28. The number of hydrogen-bond donors (Lipinski definition) is 1. The summed E-state index contributed by atoms with van der Waals surface area (Å²) >= 11 is 16.3.